The second-order valence-corrected chi connectivity index (χ2v) is 0.316. The third-order valence-corrected chi connectivity index (χ3v) is 0. The zero-order valence-electron chi connectivity index (χ0n) is 2.86. The zero-order chi connectivity index (χ0) is 2.71. The number of aliphatic hydroxyl groups excluding tert-OH is 1. The maximum absolute atomic E-state index is 7.57. The molecule has 0 aromatic carbocycles. The molecule has 39 valence electrons. The molecule has 0 atom stereocenters. The molecule has 0 aliphatic carbocycles. The number of rotatable bonds is 0. The first-order valence-corrected chi connectivity index (χ1v) is 1.02. The summed E-state index contributed by atoms with van der Waals surface area (Å²) in [4.78, 5) is 0. The molecule has 0 saturated carbocycles. The van der Waals surface area contributed by atoms with Crippen LogP contribution in [0.2, 0.25) is 0 Å². The maximum Gasteiger partial charge on any atom is 0.0402 e. The number of hydrogen-bond acceptors (Lipinski definition) is 1. The molecular weight excluding hydrogens is 139 g/mol. The summed E-state index contributed by atoms with van der Waals surface area (Å²) in [5, 5.41) is 7.57. The van der Waals surface area contributed by atoms with Gasteiger partial charge in [0, 0.05) is 23.7 Å². The molecule has 1 radical (unpaired) electrons. The van der Waals surface area contributed by atoms with E-state index in [1.807, 2.05) is 0 Å². The average Bonchev–Trinajstić information content (AvgIpc) is 0.918. The van der Waals surface area contributed by atoms with Gasteiger partial charge in [-0.3, -0.25) is 0 Å². The van der Waals surface area contributed by atoms with Crippen LogP contribution in [0, 0.1) is 0 Å². The Hall–Kier alpha value is 0.769. The van der Waals surface area contributed by atoms with E-state index in [-0.39, 0.29) is 36.1 Å². The molecule has 0 aromatic rings. The molecule has 1 N–H and O–H groups in total. The summed E-state index contributed by atoms with van der Waals surface area (Å²) in [7, 11) is 0. The first-order chi connectivity index (χ1) is 1.41. The van der Waals surface area contributed by atoms with Crippen LogP contribution >= 0.6 is 12.4 Å². The van der Waals surface area contributed by atoms with Gasteiger partial charge in [0.15, 0.2) is 0 Å². The van der Waals surface area contributed by atoms with Crippen LogP contribution in [-0.2, 0) is 17.1 Å². The van der Waals surface area contributed by atoms with Crippen molar-refractivity contribution in [3.63, 3.8) is 0 Å². The van der Waals surface area contributed by atoms with E-state index in [0.717, 1.165) is 0 Å². The monoisotopic (exact) mass is 145 g/mol. The average molecular weight is 146 g/mol. The van der Waals surface area contributed by atoms with Crippen LogP contribution in [0.4, 0.5) is 0 Å². The minimum absolute atomic E-state index is 0. The number of halogens is 1. The molecule has 0 saturated heterocycles. The number of hydrogen-bond donors (Lipinski definition) is 1. The van der Waals surface area contributed by atoms with Gasteiger partial charge in [0.25, 0.3) is 0 Å². The van der Waals surface area contributed by atoms with Crippen molar-refractivity contribution in [3.05, 3.63) is 0 Å². The molecule has 1 nitrogen and oxygen atoms in total. The van der Waals surface area contributed by atoms with Crippen LogP contribution in [0.15, 0.2) is 0 Å². The van der Waals surface area contributed by atoms with Gasteiger partial charge in [-0.1, -0.05) is 0 Å². The van der Waals surface area contributed by atoms with Crippen LogP contribution in [0.3, 0.4) is 0 Å². The predicted octanol–water partition coefficient (Wildman–Crippen LogP) is 0.418. The molecule has 5 heavy (non-hydrogen) atoms. The van der Waals surface area contributed by atoms with Crippen molar-refractivity contribution < 1.29 is 22.2 Å². The summed E-state index contributed by atoms with van der Waals surface area (Å²) in [5.41, 5.74) is 0. The Morgan fingerprint density at radius 1 is 1.60 bits per heavy atom. The van der Waals surface area contributed by atoms with E-state index in [1.54, 1.807) is 6.92 Å². The molecular formula is C2H7ClCuO. The molecule has 3 heteroatoms. The van der Waals surface area contributed by atoms with Gasteiger partial charge in [-0.15, -0.1) is 12.4 Å². The summed E-state index contributed by atoms with van der Waals surface area (Å²) in [6, 6.07) is 0. The van der Waals surface area contributed by atoms with Crippen LogP contribution in [0.5, 0.6) is 0 Å². The van der Waals surface area contributed by atoms with Crippen molar-refractivity contribution in [2.45, 2.75) is 6.92 Å². The van der Waals surface area contributed by atoms with Crippen LogP contribution in [0.1, 0.15) is 6.92 Å². The van der Waals surface area contributed by atoms with Crippen LogP contribution in [0.25, 0.3) is 0 Å². The molecule has 0 rings (SSSR count). The van der Waals surface area contributed by atoms with Gasteiger partial charge < -0.3 is 5.11 Å². The fourth-order valence-corrected chi connectivity index (χ4v) is 0. The van der Waals surface area contributed by atoms with Crippen molar-refractivity contribution >= 4 is 12.4 Å². The summed E-state index contributed by atoms with van der Waals surface area (Å²) < 4.78 is 0. The third kappa shape index (κ3) is 61.8. The smallest absolute Gasteiger partial charge is 0.0402 e. The molecule has 0 aliphatic rings. The molecule has 0 heterocycles. The molecule has 0 fully saturated rings. The van der Waals surface area contributed by atoms with Gasteiger partial charge in [0.2, 0.25) is 0 Å². The number of aliphatic hydroxyl groups is 1. The summed E-state index contributed by atoms with van der Waals surface area (Å²) >= 11 is 0. The Balaban J connectivity index is -0.0000000200. The third-order valence-electron chi connectivity index (χ3n) is 0. The maximum atomic E-state index is 7.57. The van der Waals surface area contributed by atoms with E-state index in [1.165, 1.54) is 0 Å². The fraction of sp³-hybridized carbons (Fsp3) is 1.00. The van der Waals surface area contributed by atoms with Crippen molar-refractivity contribution in [2.24, 2.45) is 0 Å². The van der Waals surface area contributed by atoms with Gasteiger partial charge in [0.05, 0.1) is 0 Å². The van der Waals surface area contributed by atoms with E-state index >= 15 is 0 Å². The van der Waals surface area contributed by atoms with Crippen molar-refractivity contribution in [1.82, 2.24) is 0 Å². The standard InChI is InChI=1S/C2H6O.ClH.Cu/c1-2-3;;/h3H,2H2,1H3;1H;. The van der Waals surface area contributed by atoms with Gasteiger partial charge in [0.1, 0.15) is 0 Å². The van der Waals surface area contributed by atoms with Gasteiger partial charge in [-0.05, 0) is 6.92 Å². The summed E-state index contributed by atoms with van der Waals surface area (Å²) in [5.74, 6) is 0. The molecule has 0 spiro atoms. The minimum Gasteiger partial charge on any atom is -0.397 e. The minimum atomic E-state index is 0. The van der Waals surface area contributed by atoms with E-state index in [4.69, 9.17) is 5.11 Å². The van der Waals surface area contributed by atoms with Gasteiger partial charge in [-0.2, -0.15) is 0 Å². The SMILES string of the molecule is CCO.Cl.[Cu]. The Morgan fingerprint density at radius 2 is 1.60 bits per heavy atom. The molecule has 0 bridgehead atoms. The van der Waals surface area contributed by atoms with E-state index in [2.05, 4.69) is 0 Å². The predicted molar refractivity (Wildman–Crippen MR) is 20.0 cm³/mol. The van der Waals surface area contributed by atoms with Gasteiger partial charge >= 0.3 is 0 Å². The molecule has 0 unspecified atom stereocenters. The van der Waals surface area contributed by atoms with Crippen LogP contribution in [-0.4, -0.2) is 11.7 Å². The van der Waals surface area contributed by atoms with Gasteiger partial charge in [-0.25, -0.2) is 0 Å². The van der Waals surface area contributed by atoms with E-state index in [9.17, 15) is 0 Å². The largest absolute Gasteiger partial charge is 0.397 e. The van der Waals surface area contributed by atoms with Crippen LogP contribution < -0.4 is 0 Å². The first kappa shape index (κ1) is 17.1. The molecule has 0 aromatic heterocycles. The second kappa shape index (κ2) is 21.6. The van der Waals surface area contributed by atoms with Crippen molar-refractivity contribution in [1.29, 1.82) is 0 Å². The molecule has 0 aliphatic heterocycles. The zero-order valence-corrected chi connectivity index (χ0v) is 4.62. The summed E-state index contributed by atoms with van der Waals surface area (Å²) in [6.07, 6.45) is 0. The van der Waals surface area contributed by atoms with Crippen molar-refractivity contribution in [2.75, 3.05) is 6.61 Å². The van der Waals surface area contributed by atoms with E-state index in [0.29, 0.717) is 0 Å². The quantitative estimate of drug-likeness (QED) is 0.491. The first-order valence-electron chi connectivity index (χ1n) is 1.02. The molecule has 0 amide bonds. The Kier molecular flexibility index (Phi) is 74.1. The topological polar surface area (TPSA) is 20.2 Å². The Morgan fingerprint density at radius 3 is 1.60 bits per heavy atom. The second-order valence-electron chi connectivity index (χ2n) is 0.316. The Labute approximate surface area is 48.6 Å². The fourth-order valence-electron chi connectivity index (χ4n) is 0. The summed E-state index contributed by atoms with van der Waals surface area (Å²) in [6.45, 7) is 1.93. The Bertz CT molecular complexity index is 9.61. The van der Waals surface area contributed by atoms with Crippen molar-refractivity contribution in [3.8, 4) is 0 Å². The van der Waals surface area contributed by atoms with E-state index < -0.39 is 0 Å². The normalized spacial score (nSPS) is 3.60.